The number of benzene rings is 1. The quantitative estimate of drug-likeness (QED) is 0.566. The molecule has 0 aliphatic heterocycles. The minimum Gasteiger partial charge on any atom is -0.395 e. The fourth-order valence-corrected chi connectivity index (χ4v) is 3.15. The number of anilines is 1. The lowest BCUT2D eigenvalue weighted by Gasteiger charge is -2.23. The van der Waals surface area contributed by atoms with Gasteiger partial charge in [0.2, 0.25) is 5.95 Å². The topological polar surface area (TPSA) is 106 Å². The van der Waals surface area contributed by atoms with E-state index in [0.29, 0.717) is 18.0 Å². The van der Waals surface area contributed by atoms with Gasteiger partial charge in [0.1, 0.15) is 0 Å². The first-order chi connectivity index (χ1) is 13.0. The molecular formula is C18H23N5O4. The zero-order valence-corrected chi connectivity index (χ0v) is 15.4. The van der Waals surface area contributed by atoms with E-state index in [2.05, 4.69) is 4.98 Å². The summed E-state index contributed by atoms with van der Waals surface area (Å²) in [5.41, 5.74) is 0.645. The highest BCUT2D eigenvalue weighted by Crippen LogP contribution is 2.21. The molecule has 0 spiro atoms. The fraction of sp³-hybridized carbons (Fsp3) is 0.389. The molecule has 3 rings (SSSR count). The van der Waals surface area contributed by atoms with Crippen LogP contribution in [0.3, 0.4) is 0 Å². The van der Waals surface area contributed by atoms with Crippen LogP contribution in [0.5, 0.6) is 0 Å². The van der Waals surface area contributed by atoms with Crippen molar-refractivity contribution >= 4 is 17.1 Å². The number of rotatable bonds is 7. The molecule has 9 nitrogen and oxygen atoms in total. The van der Waals surface area contributed by atoms with Crippen molar-refractivity contribution in [2.24, 2.45) is 14.1 Å². The molecule has 0 aliphatic rings. The first-order valence-electron chi connectivity index (χ1n) is 8.66. The monoisotopic (exact) mass is 373 g/mol. The summed E-state index contributed by atoms with van der Waals surface area (Å²) >= 11 is 0. The van der Waals surface area contributed by atoms with Gasteiger partial charge in [-0.15, -0.1) is 0 Å². The number of aromatic nitrogens is 4. The molecule has 0 aliphatic carbocycles. The summed E-state index contributed by atoms with van der Waals surface area (Å²) in [4.78, 5) is 31.3. The average molecular weight is 373 g/mol. The van der Waals surface area contributed by atoms with Crippen molar-refractivity contribution in [1.29, 1.82) is 0 Å². The van der Waals surface area contributed by atoms with Crippen LogP contribution in [-0.4, -0.2) is 55.2 Å². The molecule has 0 radical (unpaired) electrons. The number of imidazole rings is 1. The van der Waals surface area contributed by atoms with Crippen molar-refractivity contribution in [2.75, 3.05) is 31.2 Å². The third-order valence-corrected chi connectivity index (χ3v) is 4.53. The van der Waals surface area contributed by atoms with Gasteiger partial charge in [-0.3, -0.25) is 18.5 Å². The number of nitrogens with zero attached hydrogens (tertiary/aromatic N) is 5. The van der Waals surface area contributed by atoms with Gasteiger partial charge in [0, 0.05) is 27.2 Å². The maximum Gasteiger partial charge on any atom is 0.332 e. The Morgan fingerprint density at radius 2 is 1.63 bits per heavy atom. The van der Waals surface area contributed by atoms with Crippen molar-refractivity contribution in [2.45, 2.75) is 6.54 Å². The second-order valence-corrected chi connectivity index (χ2v) is 6.30. The van der Waals surface area contributed by atoms with Crippen LogP contribution in [0.2, 0.25) is 0 Å². The highest BCUT2D eigenvalue weighted by atomic mass is 16.3. The molecule has 27 heavy (non-hydrogen) atoms. The summed E-state index contributed by atoms with van der Waals surface area (Å²) in [6, 6.07) is 9.58. The highest BCUT2D eigenvalue weighted by Gasteiger charge is 2.22. The Balaban J connectivity index is 2.31. The van der Waals surface area contributed by atoms with E-state index < -0.39 is 11.2 Å². The maximum atomic E-state index is 12.8. The van der Waals surface area contributed by atoms with E-state index >= 15 is 0 Å². The van der Waals surface area contributed by atoms with Crippen LogP contribution in [0.25, 0.3) is 11.2 Å². The van der Waals surface area contributed by atoms with Crippen LogP contribution in [-0.2, 0) is 20.6 Å². The van der Waals surface area contributed by atoms with Crippen molar-refractivity contribution in [3.05, 3.63) is 56.7 Å². The van der Waals surface area contributed by atoms with Gasteiger partial charge in [-0.05, 0) is 5.56 Å². The predicted molar refractivity (Wildman–Crippen MR) is 102 cm³/mol. The van der Waals surface area contributed by atoms with Crippen molar-refractivity contribution in [3.63, 3.8) is 0 Å². The van der Waals surface area contributed by atoms with E-state index in [1.807, 2.05) is 30.3 Å². The lowest BCUT2D eigenvalue weighted by molar-refractivity contribution is 0.279. The summed E-state index contributed by atoms with van der Waals surface area (Å²) in [5.74, 6) is 0.426. The molecule has 2 aromatic heterocycles. The zero-order chi connectivity index (χ0) is 19.6. The van der Waals surface area contributed by atoms with E-state index in [0.717, 1.165) is 10.1 Å². The van der Waals surface area contributed by atoms with Gasteiger partial charge >= 0.3 is 5.69 Å². The molecule has 3 aromatic rings. The van der Waals surface area contributed by atoms with E-state index in [-0.39, 0.29) is 32.0 Å². The minimum absolute atomic E-state index is 0.133. The molecule has 0 fully saturated rings. The lowest BCUT2D eigenvalue weighted by Crippen LogP contribution is -2.37. The molecule has 2 N–H and O–H groups in total. The van der Waals surface area contributed by atoms with Gasteiger partial charge < -0.3 is 15.1 Å². The molecule has 0 bridgehead atoms. The molecule has 0 atom stereocenters. The van der Waals surface area contributed by atoms with Gasteiger partial charge in [0.25, 0.3) is 5.56 Å². The molecular weight excluding hydrogens is 350 g/mol. The summed E-state index contributed by atoms with van der Waals surface area (Å²) in [7, 11) is 3.00. The fourth-order valence-electron chi connectivity index (χ4n) is 3.15. The Kier molecular flexibility index (Phi) is 5.43. The molecule has 0 saturated carbocycles. The summed E-state index contributed by atoms with van der Waals surface area (Å²) in [5, 5.41) is 18.8. The lowest BCUT2D eigenvalue weighted by atomic mass is 10.2. The summed E-state index contributed by atoms with van der Waals surface area (Å²) < 4.78 is 4.12. The number of hydrogen-bond donors (Lipinski definition) is 2. The van der Waals surface area contributed by atoms with Crippen LogP contribution in [0.1, 0.15) is 5.56 Å². The Labute approximate surface area is 155 Å². The van der Waals surface area contributed by atoms with Crippen LogP contribution in [0.15, 0.2) is 39.9 Å². The zero-order valence-electron chi connectivity index (χ0n) is 15.4. The second-order valence-electron chi connectivity index (χ2n) is 6.30. The van der Waals surface area contributed by atoms with Crippen molar-refractivity contribution in [3.8, 4) is 0 Å². The van der Waals surface area contributed by atoms with Crippen molar-refractivity contribution < 1.29 is 10.2 Å². The Morgan fingerprint density at radius 1 is 1.00 bits per heavy atom. The molecule has 1 aromatic carbocycles. The van der Waals surface area contributed by atoms with Gasteiger partial charge in [0.05, 0.1) is 19.8 Å². The van der Waals surface area contributed by atoms with Gasteiger partial charge in [0.15, 0.2) is 11.2 Å². The van der Waals surface area contributed by atoms with Crippen LogP contribution in [0, 0.1) is 0 Å². The maximum absolute atomic E-state index is 12.8. The smallest absolute Gasteiger partial charge is 0.332 e. The molecule has 9 heteroatoms. The molecule has 0 saturated heterocycles. The van der Waals surface area contributed by atoms with E-state index in [1.54, 1.807) is 16.5 Å². The van der Waals surface area contributed by atoms with Gasteiger partial charge in [-0.2, -0.15) is 4.98 Å². The van der Waals surface area contributed by atoms with Gasteiger partial charge in [-0.1, -0.05) is 30.3 Å². The molecule has 2 heterocycles. The Bertz CT molecular complexity index is 1050. The highest BCUT2D eigenvalue weighted by molar-refractivity contribution is 5.74. The van der Waals surface area contributed by atoms with Gasteiger partial charge in [-0.25, -0.2) is 4.79 Å². The van der Waals surface area contributed by atoms with E-state index in [9.17, 15) is 19.8 Å². The predicted octanol–water partition coefficient (Wildman–Crippen LogP) is -0.727. The Morgan fingerprint density at radius 3 is 2.22 bits per heavy atom. The van der Waals surface area contributed by atoms with Crippen molar-refractivity contribution in [1.82, 2.24) is 18.7 Å². The van der Waals surface area contributed by atoms with Crippen LogP contribution < -0.4 is 16.1 Å². The largest absolute Gasteiger partial charge is 0.395 e. The third kappa shape index (κ3) is 3.38. The number of fused-ring (bicyclic) bond motifs is 1. The molecule has 0 amide bonds. The Hall–Kier alpha value is -2.91. The number of aliphatic hydroxyl groups excluding tert-OH is 2. The molecule has 144 valence electrons. The standard InChI is InChI=1S/C18H23N5O4/c1-20-15-14(16(26)21(2)18(20)27)23(12-13-6-4-3-5-7-13)17(19-15)22(8-10-24)9-11-25/h3-7,24-25H,8-12H2,1-2H3. The SMILES string of the molecule is Cn1c(=O)c2c(nc(N(CCO)CCO)n2Cc2ccccc2)n(C)c1=O. The minimum atomic E-state index is -0.459. The summed E-state index contributed by atoms with van der Waals surface area (Å²) in [6.45, 7) is 0.588. The second kappa shape index (κ2) is 7.77. The third-order valence-electron chi connectivity index (χ3n) is 4.53. The normalized spacial score (nSPS) is 11.3. The number of aryl methyl sites for hydroxylation is 1. The first kappa shape index (κ1) is 18.9. The first-order valence-corrected chi connectivity index (χ1v) is 8.66. The van der Waals surface area contributed by atoms with Crippen LogP contribution in [0.4, 0.5) is 5.95 Å². The number of hydrogen-bond acceptors (Lipinski definition) is 6. The van der Waals surface area contributed by atoms with E-state index in [4.69, 9.17) is 0 Å². The van der Waals surface area contributed by atoms with E-state index in [1.165, 1.54) is 11.6 Å². The number of aliphatic hydroxyl groups is 2. The summed E-state index contributed by atoms with van der Waals surface area (Å²) in [6.07, 6.45) is 0. The van der Waals surface area contributed by atoms with Crippen LogP contribution >= 0.6 is 0 Å². The average Bonchev–Trinajstić information content (AvgIpc) is 3.04. The molecule has 0 unspecified atom stereocenters.